The number of piperazine rings is 1. The molecule has 0 radical (unpaired) electrons. The Hall–Kier alpha value is -3.53. The van der Waals surface area contributed by atoms with Gasteiger partial charge < -0.3 is 15.5 Å². The van der Waals surface area contributed by atoms with E-state index in [1.54, 1.807) is 0 Å². The van der Waals surface area contributed by atoms with E-state index in [9.17, 15) is 24.1 Å². The van der Waals surface area contributed by atoms with Crippen molar-refractivity contribution in [1.29, 1.82) is 0 Å². The Balaban J connectivity index is 1.35. The molecule has 0 aliphatic carbocycles. The first kappa shape index (κ1) is 22.2. The summed E-state index contributed by atoms with van der Waals surface area (Å²) in [6, 6.07) is 13.1. The zero-order chi connectivity index (χ0) is 22.2. The van der Waals surface area contributed by atoms with Crippen LogP contribution in [0, 0.1) is 15.9 Å². The maximum atomic E-state index is 13.3. The Morgan fingerprint density at radius 3 is 2.42 bits per heavy atom. The van der Waals surface area contributed by atoms with Gasteiger partial charge in [-0.25, -0.2) is 0 Å². The fourth-order valence-corrected chi connectivity index (χ4v) is 3.37. The molecule has 0 saturated carbocycles. The minimum absolute atomic E-state index is 0.0236. The summed E-state index contributed by atoms with van der Waals surface area (Å²) >= 11 is 0. The van der Waals surface area contributed by atoms with Crippen LogP contribution < -0.4 is 15.5 Å². The molecule has 9 nitrogen and oxygen atoms in total. The van der Waals surface area contributed by atoms with Crippen LogP contribution in [0.5, 0.6) is 0 Å². The van der Waals surface area contributed by atoms with Crippen LogP contribution in [0.4, 0.5) is 21.5 Å². The van der Waals surface area contributed by atoms with E-state index in [1.807, 2.05) is 18.2 Å². The third kappa shape index (κ3) is 6.22. The molecule has 10 heteroatoms. The van der Waals surface area contributed by atoms with Gasteiger partial charge in [0.15, 0.2) is 0 Å². The third-order valence-electron chi connectivity index (χ3n) is 5.04. The van der Waals surface area contributed by atoms with Crippen molar-refractivity contribution in [3.05, 3.63) is 64.5 Å². The average Bonchev–Trinajstić information content (AvgIpc) is 2.78. The number of nitro groups is 1. The molecule has 1 saturated heterocycles. The van der Waals surface area contributed by atoms with Crippen molar-refractivity contribution >= 4 is 28.9 Å². The molecule has 2 aromatic rings. The monoisotopic (exact) mass is 429 g/mol. The van der Waals surface area contributed by atoms with E-state index < -0.39 is 28.2 Å². The molecule has 0 unspecified atom stereocenters. The van der Waals surface area contributed by atoms with Gasteiger partial charge in [-0.2, -0.15) is 4.39 Å². The summed E-state index contributed by atoms with van der Waals surface area (Å²) in [6.07, 6.45) is 0.687. The highest BCUT2D eigenvalue weighted by Gasteiger charge is 2.19. The van der Waals surface area contributed by atoms with Gasteiger partial charge in [-0.05, 0) is 37.2 Å². The molecule has 1 heterocycles. The van der Waals surface area contributed by atoms with Gasteiger partial charge in [0.05, 0.1) is 4.92 Å². The highest BCUT2D eigenvalue weighted by molar-refractivity contribution is 6.39. The van der Waals surface area contributed by atoms with Crippen LogP contribution in [-0.4, -0.2) is 60.9 Å². The minimum atomic E-state index is -1.02. The standard InChI is InChI=1S/C21H24FN5O4/c22-18-8-7-16(15-19(18)27(30)31)24-21(29)20(28)23-9-4-10-25-11-13-26(14-12-25)17-5-2-1-3-6-17/h1-3,5-8,15H,4,9-14H2,(H,23,28)(H,24,29). The van der Waals surface area contributed by atoms with Gasteiger partial charge in [-0.15, -0.1) is 0 Å². The van der Waals surface area contributed by atoms with Crippen LogP contribution in [0.15, 0.2) is 48.5 Å². The van der Waals surface area contributed by atoms with E-state index in [-0.39, 0.29) is 5.69 Å². The normalized spacial score (nSPS) is 14.2. The van der Waals surface area contributed by atoms with Crippen molar-refractivity contribution in [3.63, 3.8) is 0 Å². The Bertz CT molecular complexity index is 933. The number of nitrogens with one attached hydrogen (secondary N) is 2. The summed E-state index contributed by atoms with van der Waals surface area (Å²) in [5.41, 5.74) is 0.419. The molecule has 0 bridgehead atoms. The molecular formula is C21H24FN5O4. The quantitative estimate of drug-likeness (QED) is 0.302. The molecule has 0 aromatic heterocycles. The number of carbonyl (C=O) groups excluding carboxylic acids is 2. The lowest BCUT2D eigenvalue weighted by Crippen LogP contribution is -2.47. The number of nitro benzene ring substituents is 1. The van der Waals surface area contributed by atoms with Gasteiger partial charge in [-0.1, -0.05) is 18.2 Å². The molecule has 1 fully saturated rings. The van der Waals surface area contributed by atoms with Crippen molar-refractivity contribution in [3.8, 4) is 0 Å². The maximum Gasteiger partial charge on any atom is 0.313 e. The van der Waals surface area contributed by atoms with E-state index in [0.29, 0.717) is 13.0 Å². The number of hydrogen-bond donors (Lipinski definition) is 2. The highest BCUT2D eigenvalue weighted by atomic mass is 19.1. The summed E-state index contributed by atoms with van der Waals surface area (Å²) in [5, 5.41) is 15.5. The molecule has 2 N–H and O–H groups in total. The largest absolute Gasteiger partial charge is 0.369 e. The Morgan fingerprint density at radius 1 is 1.03 bits per heavy atom. The van der Waals surface area contributed by atoms with Crippen molar-refractivity contribution in [1.82, 2.24) is 10.2 Å². The summed E-state index contributed by atoms with van der Waals surface area (Å²) in [5.74, 6) is -2.82. The lowest BCUT2D eigenvalue weighted by atomic mass is 10.2. The minimum Gasteiger partial charge on any atom is -0.369 e. The summed E-state index contributed by atoms with van der Waals surface area (Å²) in [4.78, 5) is 38.4. The topological polar surface area (TPSA) is 108 Å². The number of nitrogens with zero attached hydrogens (tertiary/aromatic N) is 3. The zero-order valence-corrected chi connectivity index (χ0v) is 16.9. The second-order valence-corrected chi connectivity index (χ2v) is 7.15. The van der Waals surface area contributed by atoms with Crippen molar-refractivity contribution in [2.75, 3.05) is 49.5 Å². The molecule has 1 aliphatic heterocycles. The van der Waals surface area contributed by atoms with Crippen LogP contribution in [-0.2, 0) is 9.59 Å². The molecule has 2 aromatic carbocycles. The molecule has 1 aliphatic rings. The van der Waals surface area contributed by atoms with Crippen LogP contribution in [0.1, 0.15) is 6.42 Å². The zero-order valence-electron chi connectivity index (χ0n) is 16.9. The van der Waals surface area contributed by atoms with E-state index in [1.165, 1.54) is 5.69 Å². The first-order valence-electron chi connectivity index (χ1n) is 9.99. The van der Waals surface area contributed by atoms with Gasteiger partial charge >= 0.3 is 17.5 Å². The lowest BCUT2D eigenvalue weighted by molar-refractivity contribution is -0.387. The van der Waals surface area contributed by atoms with Crippen LogP contribution >= 0.6 is 0 Å². The van der Waals surface area contributed by atoms with Crippen LogP contribution in [0.2, 0.25) is 0 Å². The van der Waals surface area contributed by atoms with Crippen molar-refractivity contribution in [2.45, 2.75) is 6.42 Å². The molecule has 0 spiro atoms. The maximum absolute atomic E-state index is 13.3. The molecule has 2 amide bonds. The van der Waals surface area contributed by atoms with Gasteiger partial charge in [0.2, 0.25) is 5.82 Å². The Morgan fingerprint density at radius 2 is 1.74 bits per heavy atom. The average molecular weight is 429 g/mol. The van der Waals surface area contributed by atoms with E-state index in [4.69, 9.17) is 0 Å². The van der Waals surface area contributed by atoms with E-state index >= 15 is 0 Å². The first-order chi connectivity index (χ1) is 14.9. The number of hydrogen-bond acceptors (Lipinski definition) is 6. The summed E-state index contributed by atoms with van der Waals surface area (Å²) in [7, 11) is 0. The Labute approximate surface area is 179 Å². The predicted molar refractivity (Wildman–Crippen MR) is 114 cm³/mol. The van der Waals surface area contributed by atoms with E-state index in [0.717, 1.165) is 50.9 Å². The molecule has 31 heavy (non-hydrogen) atoms. The number of benzene rings is 2. The smallest absolute Gasteiger partial charge is 0.313 e. The van der Waals surface area contributed by atoms with Gasteiger partial charge in [0.1, 0.15) is 0 Å². The van der Waals surface area contributed by atoms with Gasteiger partial charge in [0, 0.05) is 50.2 Å². The van der Waals surface area contributed by atoms with Crippen molar-refractivity contribution in [2.24, 2.45) is 0 Å². The second kappa shape index (κ2) is 10.5. The second-order valence-electron chi connectivity index (χ2n) is 7.15. The highest BCUT2D eigenvalue weighted by Crippen LogP contribution is 2.21. The number of anilines is 2. The van der Waals surface area contributed by atoms with E-state index in [2.05, 4.69) is 32.6 Å². The number of carbonyl (C=O) groups is 2. The summed E-state index contributed by atoms with van der Waals surface area (Å²) < 4.78 is 13.3. The predicted octanol–water partition coefficient (Wildman–Crippen LogP) is 2.00. The number of amides is 2. The lowest BCUT2D eigenvalue weighted by Gasteiger charge is -2.36. The fourth-order valence-electron chi connectivity index (χ4n) is 3.37. The molecule has 3 rings (SSSR count). The summed E-state index contributed by atoms with van der Waals surface area (Å²) in [6.45, 7) is 4.84. The fraction of sp³-hybridized carbons (Fsp3) is 0.333. The van der Waals surface area contributed by atoms with Crippen LogP contribution in [0.3, 0.4) is 0 Å². The third-order valence-corrected chi connectivity index (χ3v) is 5.04. The first-order valence-corrected chi connectivity index (χ1v) is 9.99. The SMILES string of the molecule is O=C(NCCCN1CCN(c2ccccc2)CC1)C(=O)Nc1ccc(F)c([N+](=O)[O-])c1. The van der Waals surface area contributed by atoms with Crippen molar-refractivity contribution < 1.29 is 18.9 Å². The molecular weight excluding hydrogens is 405 g/mol. The molecule has 0 atom stereocenters. The van der Waals surface area contributed by atoms with Crippen LogP contribution in [0.25, 0.3) is 0 Å². The number of rotatable bonds is 7. The number of halogens is 1. The van der Waals surface area contributed by atoms with Gasteiger partial charge in [-0.3, -0.25) is 24.6 Å². The van der Waals surface area contributed by atoms with Gasteiger partial charge in [0.25, 0.3) is 0 Å². The molecule has 164 valence electrons. The Kier molecular flexibility index (Phi) is 7.50. The number of para-hydroxylation sites is 1.